The molecule has 2 N–H and O–H groups in total. The Balaban J connectivity index is 1.68. The summed E-state index contributed by atoms with van der Waals surface area (Å²) in [7, 11) is 0. The van der Waals surface area contributed by atoms with E-state index in [0.717, 1.165) is 38.0 Å². The molecule has 3 rings (SSSR count). The smallest absolute Gasteiger partial charge is 0.125 e. The van der Waals surface area contributed by atoms with E-state index in [1.54, 1.807) is 12.1 Å². The molecule has 1 fully saturated rings. The van der Waals surface area contributed by atoms with E-state index >= 15 is 0 Å². The van der Waals surface area contributed by atoms with Gasteiger partial charge in [-0.15, -0.1) is 0 Å². The molecule has 2 heterocycles. The molecule has 1 aromatic carbocycles. The molecule has 2 aliphatic rings. The quantitative estimate of drug-likeness (QED) is 0.887. The van der Waals surface area contributed by atoms with Crippen LogP contribution in [0.2, 0.25) is 0 Å². The number of anilines is 1. The summed E-state index contributed by atoms with van der Waals surface area (Å²) in [5.74, 6) is -0.159. The zero-order chi connectivity index (χ0) is 12.5. The second-order valence-corrected chi connectivity index (χ2v) is 5.16. The highest BCUT2D eigenvalue weighted by molar-refractivity contribution is 5.58. The number of benzene rings is 1. The number of hydrogen-bond donors (Lipinski definition) is 1. The van der Waals surface area contributed by atoms with Crippen LogP contribution in [0.4, 0.5) is 10.1 Å². The minimum absolute atomic E-state index is 0.159. The lowest BCUT2D eigenvalue weighted by molar-refractivity contribution is 0.0545. The maximum Gasteiger partial charge on any atom is 0.125 e. The number of hydrogen-bond acceptors (Lipinski definition) is 3. The molecule has 0 radical (unpaired) electrons. The summed E-state index contributed by atoms with van der Waals surface area (Å²) in [5.41, 5.74) is 7.89. The second-order valence-electron chi connectivity index (χ2n) is 5.16. The minimum atomic E-state index is -0.159. The Morgan fingerprint density at radius 1 is 1.33 bits per heavy atom. The van der Waals surface area contributed by atoms with Crippen LogP contribution in [0.25, 0.3) is 0 Å². The van der Waals surface area contributed by atoms with Gasteiger partial charge in [0.25, 0.3) is 0 Å². The van der Waals surface area contributed by atoms with E-state index in [1.165, 1.54) is 5.56 Å². The summed E-state index contributed by atoms with van der Waals surface area (Å²) in [5, 5.41) is 0. The molecule has 2 aliphatic heterocycles. The Hall–Kier alpha value is -1.13. The van der Waals surface area contributed by atoms with Crippen LogP contribution in [-0.4, -0.2) is 31.8 Å². The molecule has 0 saturated carbocycles. The van der Waals surface area contributed by atoms with Crippen molar-refractivity contribution < 1.29 is 9.13 Å². The predicted molar refractivity (Wildman–Crippen MR) is 69.3 cm³/mol. The summed E-state index contributed by atoms with van der Waals surface area (Å²) in [6, 6.07) is 5.07. The molecule has 0 spiro atoms. The van der Waals surface area contributed by atoms with Crippen molar-refractivity contribution in [2.45, 2.75) is 31.5 Å². The van der Waals surface area contributed by atoms with Crippen LogP contribution in [0.5, 0.6) is 0 Å². The van der Waals surface area contributed by atoms with Gasteiger partial charge in [0.2, 0.25) is 0 Å². The summed E-state index contributed by atoms with van der Waals surface area (Å²) in [6.45, 7) is 2.42. The van der Waals surface area contributed by atoms with Crippen LogP contribution < -0.4 is 10.6 Å². The average molecular weight is 250 g/mol. The van der Waals surface area contributed by atoms with E-state index in [4.69, 9.17) is 10.5 Å². The van der Waals surface area contributed by atoms with E-state index in [9.17, 15) is 4.39 Å². The van der Waals surface area contributed by atoms with Crippen LogP contribution in [0, 0.1) is 5.82 Å². The van der Waals surface area contributed by atoms with Crippen molar-refractivity contribution in [2.75, 3.05) is 24.5 Å². The van der Waals surface area contributed by atoms with Gasteiger partial charge in [0, 0.05) is 25.3 Å². The van der Waals surface area contributed by atoms with Gasteiger partial charge in [-0.25, -0.2) is 4.39 Å². The van der Waals surface area contributed by atoms with Gasteiger partial charge in [0.1, 0.15) is 5.82 Å². The Labute approximate surface area is 107 Å². The first-order valence-electron chi connectivity index (χ1n) is 6.65. The lowest BCUT2D eigenvalue weighted by atomic mass is 10.1. The van der Waals surface area contributed by atoms with Crippen LogP contribution in [0.1, 0.15) is 18.4 Å². The maximum atomic E-state index is 13.3. The van der Waals surface area contributed by atoms with E-state index in [1.807, 2.05) is 6.07 Å². The number of nitrogens with two attached hydrogens (primary N) is 1. The van der Waals surface area contributed by atoms with Gasteiger partial charge in [-0.1, -0.05) is 6.07 Å². The third-order valence-corrected chi connectivity index (χ3v) is 3.92. The molecule has 0 amide bonds. The van der Waals surface area contributed by atoms with Gasteiger partial charge in [-0.3, -0.25) is 0 Å². The van der Waals surface area contributed by atoms with Crippen molar-refractivity contribution in [1.29, 1.82) is 0 Å². The van der Waals surface area contributed by atoms with Crippen molar-refractivity contribution in [2.24, 2.45) is 5.73 Å². The molecule has 18 heavy (non-hydrogen) atoms. The number of nitrogens with zero attached hydrogens (tertiary/aromatic N) is 1. The lowest BCUT2D eigenvalue weighted by Crippen LogP contribution is -2.32. The third-order valence-electron chi connectivity index (χ3n) is 3.92. The highest BCUT2D eigenvalue weighted by Crippen LogP contribution is 2.30. The molecular weight excluding hydrogens is 231 g/mol. The van der Waals surface area contributed by atoms with Gasteiger partial charge < -0.3 is 15.4 Å². The maximum absolute atomic E-state index is 13.3. The average Bonchev–Trinajstić information content (AvgIpc) is 2.97. The van der Waals surface area contributed by atoms with Gasteiger partial charge in [0.05, 0.1) is 12.2 Å². The third kappa shape index (κ3) is 2.22. The summed E-state index contributed by atoms with van der Waals surface area (Å²) >= 11 is 0. The topological polar surface area (TPSA) is 38.5 Å². The lowest BCUT2D eigenvalue weighted by Gasteiger charge is -2.23. The minimum Gasteiger partial charge on any atom is -0.372 e. The monoisotopic (exact) mass is 250 g/mol. The SMILES string of the molecule is NCC1CCC(CN2CCc3ccc(F)cc32)O1. The van der Waals surface area contributed by atoms with Crippen LogP contribution in [-0.2, 0) is 11.2 Å². The Bertz CT molecular complexity index is 438. The molecule has 3 nitrogen and oxygen atoms in total. The molecule has 1 aromatic rings. The highest BCUT2D eigenvalue weighted by Gasteiger charge is 2.28. The van der Waals surface area contributed by atoms with E-state index < -0.39 is 0 Å². The summed E-state index contributed by atoms with van der Waals surface area (Å²) < 4.78 is 19.1. The first-order chi connectivity index (χ1) is 8.76. The molecule has 2 unspecified atom stereocenters. The van der Waals surface area contributed by atoms with Gasteiger partial charge in [-0.2, -0.15) is 0 Å². The van der Waals surface area contributed by atoms with Gasteiger partial charge in [0.15, 0.2) is 0 Å². The largest absolute Gasteiger partial charge is 0.372 e. The van der Waals surface area contributed by atoms with Gasteiger partial charge in [-0.05, 0) is 37.0 Å². The van der Waals surface area contributed by atoms with Crippen molar-refractivity contribution in [3.05, 3.63) is 29.6 Å². The Kier molecular flexibility index (Phi) is 3.22. The van der Waals surface area contributed by atoms with Gasteiger partial charge >= 0.3 is 0 Å². The molecule has 98 valence electrons. The number of halogens is 1. The highest BCUT2D eigenvalue weighted by atomic mass is 19.1. The molecule has 1 saturated heterocycles. The van der Waals surface area contributed by atoms with E-state index in [2.05, 4.69) is 4.90 Å². The standard InChI is InChI=1S/C14H19FN2O/c15-11-2-1-10-5-6-17(14(10)7-11)9-13-4-3-12(8-16)18-13/h1-2,7,12-13H,3-6,8-9,16H2. The normalized spacial score (nSPS) is 26.7. The van der Waals surface area contributed by atoms with Crippen LogP contribution in [0.3, 0.4) is 0 Å². The van der Waals surface area contributed by atoms with Crippen molar-refractivity contribution >= 4 is 5.69 Å². The molecule has 0 bridgehead atoms. The van der Waals surface area contributed by atoms with E-state index in [0.29, 0.717) is 6.54 Å². The second kappa shape index (κ2) is 4.86. The summed E-state index contributed by atoms with van der Waals surface area (Å²) in [4.78, 5) is 2.24. The van der Waals surface area contributed by atoms with Crippen molar-refractivity contribution in [3.8, 4) is 0 Å². The summed E-state index contributed by atoms with van der Waals surface area (Å²) in [6.07, 6.45) is 3.56. The van der Waals surface area contributed by atoms with Crippen LogP contribution in [0.15, 0.2) is 18.2 Å². The first-order valence-corrected chi connectivity index (χ1v) is 6.65. The zero-order valence-electron chi connectivity index (χ0n) is 10.4. The molecule has 0 aromatic heterocycles. The molecule has 2 atom stereocenters. The fourth-order valence-corrected chi connectivity index (χ4v) is 2.94. The molecular formula is C14H19FN2O. The number of rotatable bonds is 3. The molecule has 0 aliphatic carbocycles. The Morgan fingerprint density at radius 2 is 2.17 bits per heavy atom. The first kappa shape index (κ1) is 11.9. The number of fused-ring (bicyclic) bond motifs is 1. The van der Waals surface area contributed by atoms with Crippen LogP contribution >= 0.6 is 0 Å². The van der Waals surface area contributed by atoms with E-state index in [-0.39, 0.29) is 18.0 Å². The fourth-order valence-electron chi connectivity index (χ4n) is 2.94. The van der Waals surface area contributed by atoms with Crippen molar-refractivity contribution in [1.82, 2.24) is 0 Å². The number of ether oxygens (including phenoxy) is 1. The molecule has 4 heteroatoms. The Morgan fingerprint density at radius 3 is 2.94 bits per heavy atom. The van der Waals surface area contributed by atoms with Crippen molar-refractivity contribution in [3.63, 3.8) is 0 Å². The predicted octanol–water partition coefficient (Wildman–Crippen LogP) is 1.69. The fraction of sp³-hybridized carbons (Fsp3) is 0.571. The zero-order valence-corrected chi connectivity index (χ0v) is 10.4.